The minimum Gasteiger partial charge on any atom is -0.370 e. The Balaban J connectivity index is 2.02. The van der Waals surface area contributed by atoms with Crippen LogP contribution in [0.2, 0.25) is 0 Å². The number of hydrogen-bond acceptors (Lipinski definition) is 2. The van der Waals surface area contributed by atoms with Crippen LogP contribution in [0, 0.1) is 11.6 Å². The van der Waals surface area contributed by atoms with E-state index >= 15 is 0 Å². The lowest BCUT2D eigenvalue weighted by atomic mass is 10.0. The Bertz CT molecular complexity index is 622. The summed E-state index contributed by atoms with van der Waals surface area (Å²) >= 11 is 0. The van der Waals surface area contributed by atoms with Gasteiger partial charge in [-0.2, -0.15) is 5.10 Å². The Hall–Kier alpha value is -1.91. The number of halogens is 2. The van der Waals surface area contributed by atoms with Crippen LogP contribution in [0.5, 0.6) is 0 Å². The van der Waals surface area contributed by atoms with E-state index in [2.05, 4.69) is 17.3 Å². The zero-order valence-electron chi connectivity index (χ0n) is 11.4. The third kappa shape index (κ3) is 2.28. The highest BCUT2D eigenvalue weighted by Crippen LogP contribution is 2.31. The fourth-order valence-corrected chi connectivity index (χ4v) is 2.71. The fourth-order valence-electron chi connectivity index (χ4n) is 2.71. The summed E-state index contributed by atoms with van der Waals surface area (Å²) in [5.41, 5.74) is 1.36. The van der Waals surface area contributed by atoms with E-state index in [0.717, 1.165) is 37.0 Å². The van der Waals surface area contributed by atoms with Gasteiger partial charge in [0.05, 0.1) is 11.7 Å². The van der Waals surface area contributed by atoms with E-state index in [1.54, 1.807) is 4.68 Å². The fraction of sp³-hybridized carbons (Fsp3) is 0.400. The van der Waals surface area contributed by atoms with Gasteiger partial charge >= 0.3 is 0 Å². The Morgan fingerprint density at radius 2 is 2.20 bits per heavy atom. The topological polar surface area (TPSA) is 29.9 Å². The Morgan fingerprint density at radius 3 is 3.00 bits per heavy atom. The molecule has 1 unspecified atom stereocenters. The van der Waals surface area contributed by atoms with Crippen molar-refractivity contribution in [2.45, 2.75) is 32.2 Å². The summed E-state index contributed by atoms with van der Waals surface area (Å²) in [6.45, 7) is 2.83. The SMILES string of the molecule is CCCc1cc2n(n1)C(c1cc(F)ccc1F)CCN2. The molecule has 5 heteroatoms. The Labute approximate surface area is 116 Å². The van der Waals surface area contributed by atoms with Crippen molar-refractivity contribution in [2.75, 3.05) is 11.9 Å². The van der Waals surface area contributed by atoms with Crippen molar-refractivity contribution in [3.8, 4) is 0 Å². The first-order chi connectivity index (χ1) is 9.69. The molecule has 0 fully saturated rings. The summed E-state index contributed by atoms with van der Waals surface area (Å²) in [7, 11) is 0. The van der Waals surface area contributed by atoms with E-state index in [1.165, 1.54) is 12.1 Å². The number of benzene rings is 1. The predicted octanol–water partition coefficient (Wildman–Crippen LogP) is 3.52. The van der Waals surface area contributed by atoms with Crippen molar-refractivity contribution in [3.63, 3.8) is 0 Å². The molecule has 0 saturated carbocycles. The van der Waals surface area contributed by atoms with Crippen LogP contribution < -0.4 is 5.32 Å². The summed E-state index contributed by atoms with van der Waals surface area (Å²) in [5.74, 6) is 0.0903. The third-order valence-electron chi connectivity index (χ3n) is 3.63. The molecule has 106 valence electrons. The highest BCUT2D eigenvalue weighted by Gasteiger charge is 2.25. The van der Waals surface area contributed by atoms with Gasteiger partial charge in [-0.15, -0.1) is 0 Å². The summed E-state index contributed by atoms with van der Waals surface area (Å²) in [6, 6.07) is 5.35. The number of aryl methyl sites for hydroxylation is 1. The maximum atomic E-state index is 14.0. The molecule has 2 heterocycles. The third-order valence-corrected chi connectivity index (χ3v) is 3.63. The highest BCUT2D eigenvalue weighted by atomic mass is 19.1. The van der Waals surface area contributed by atoms with Gasteiger partial charge in [0.25, 0.3) is 0 Å². The van der Waals surface area contributed by atoms with E-state index < -0.39 is 5.82 Å². The molecule has 0 radical (unpaired) electrons. The smallest absolute Gasteiger partial charge is 0.128 e. The molecule has 1 aromatic carbocycles. The molecule has 0 aliphatic carbocycles. The van der Waals surface area contributed by atoms with Gasteiger partial charge in [-0.3, -0.25) is 0 Å². The lowest BCUT2D eigenvalue weighted by Gasteiger charge is -2.26. The molecule has 0 amide bonds. The number of nitrogens with one attached hydrogen (secondary N) is 1. The minimum atomic E-state index is -0.414. The molecule has 0 bridgehead atoms. The van der Waals surface area contributed by atoms with Crippen molar-refractivity contribution in [1.29, 1.82) is 0 Å². The number of aromatic nitrogens is 2. The molecular formula is C15H17F2N3. The van der Waals surface area contributed by atoms with Crippen LogP contribution in [0.25, 0.3) is 0 Å². The van der Waals surface area contributed by atoms with E-state index in [4.69, 9.17) is 0 Å². The van der Waals surface area contributed by atoms with Gasteiger partial charge in [0, 0.05) is 18.2 Å². The number of hydrogen-bond donors (Lipinski definition) is 1. The number of nitrogens with zero attached hydrogens (tertiary/aromatic N) is 2. The van der Waals surface area contributed by atoms with Crippen LogP contribution in [-0.4, -0.2) is 16.3 Å². The van der Waals surface area contributed by atoms with E-state index in [1.807, 2.05) is 6.07 Å². The molecule has 20 heavy (non-hydrogen) atoms. The first kappa shape index (κ1) is 13.1. The van der Waals surface area contributed by atoms with E-state index in [-0.39, 0.29) is 11.9 Å². The number of anilines is 1. The first-order valence-electron chi connectivity index (χ1n) is 6.96. The molecule has 1 aromatic heterocycles. The van der Waals surface area contributed by atoms with Crippen LogP contribution in [-0.2, 0) is 6.42 Å². The van der Waals surface area contributed by atoms with Gasteiger partial charge in [0.1, 0.15) is 17.5 Å². The largest absolute Gasteiger partial charge is 0.370 e. The normalized spacial score (nSPS) is 17.6. The zero-order chi connectivity index (χ0) is 14.1. The second kappa shape index (κ2) is 5.23. The summed E-state index contributed by atoms with van der Waals surface area (Å²) in [4.78, 5) is 0. The Morgan fingerprint density at radius 1 is 1.35 bits per heavy atom. The summed E-state index contributed by atoms with van der Waals surface area (Å²) < 4.78 is 29.2. The predicted molar refractivity (Wildman–Crippen MR) is 73.8 cm³/mol. The molecule has 0 saturated heterocycles. The van der Waals surface area contributed by atoms with Gasteiger partial charge in [-0.1, -0.05) is 13.3 Å². The van der Waals surface area contributed by atoms with E-state index in [0.29, 0.717) is 12.0 Å². The minimum absolute atomic E-state index is 0.243. The zero-order valence-corrected chi connectivity index (χ0v) is 11.4. The first-order valence-corrected chi connectivity index (χ1v) is 6.96. The monoisotopic (exact) mass is 277 g/mol. The standard InChI is InChI=1S/C15H17F2N3/c1-2-3-11-9-15-18-7-6-14(20(15)19-11)12-8-10(16)4-5-13(12)17/h4-5,8-9,14,18H,2-3,6-7H2,1H3. The molecular weight excluding hydrogens is 260 g/mol. The van der Waals surface area contributed by atoms with E-state index in [9.17, 15) is 8.78 Å². The van der Waals surface area contributed by atoms with Crippen molar-refractivity contribution in [3.05, 3.63) is 47.2 Å². The molecule has 1 aliphatic heterocycles. The highest BCUT2D eigenvalue weighted by molar-refractivity contribution is 5.41. The van der Waals surface area contributed by atoms with Gasteiger partial charge < -0.3 is 5.32 Å². The van der Waals surface area contributed by atoms with Gasteiger partial charge in [0.2, 0.25) is 0 Å². The second-order valence-corrected chi connectivity index (χ2v) is 5.11. The molecule has 1 N–H and O–H groups in total. The molecule has 1 aliphatic rings. The van der Waals surface area contributed by atoms with Gasteiger partial charge in [-0.05, 0) is 31.0 Å². The summed E-state index contributed by atoms with van der Waals surface area (Å²) in [5, 5.41) is 7.79. The quantitative estimate of drug-likeness (QED) is 0.930. The van der Waals surface area contributed by atoms with Crippen LogP contribution in [0.3, 0.4) is 0 Å². The lowest BCUT2D eigenvalue weighted by molar-refractivity contribution is 0.451. The van der Waals surface area contributed by atoms with Crippen molar-refractivity contribution in [2.24, 2.45) is 0 Å². The average Bonchev–Trinajstić information content (AvgIpc) is 2.84. The van der Waals surface area contributed by atoms with Crippen LogP contribution in [0.15, 0.2) is 24.3 Å². The van der Waals surface area contributed by atoms with Crippen molar-refractivity contribution in [1.82, 2.24) is 9.78 Å². The van der Waals surface area contributed by atoms with Crippen LogP contribution in [0.1, 0.15) is 37.1 Å². The van der Waals surface area contributed by atoms with Crippen molar-refractivity contribution < 1.29 is 8.78 Å². The second-order valence-electron chi connectivity index (χ2n) is 5.11. The summed E-state index contributed by atoms with van der Waals surface area (Å²) in [6.07, 6.45) is 2.59. The Kier molecular flexibility index (Phi) is 3.42. The molecule has 3 rings (SSSR count). The van der Waals surface area contributed by atoms with Gasteiger partial charge in [-0.25, -0.2) is 13.5 Å². The average molecular weight is 277 g/mol. The van der Waals surface area contributed by atoms with Crippen LogP contribution >= 0.6 is 0 Å². The lowest BCUT2D eigenvalue weighted by Crippen LogP contribution is -2.25. The maximum Gasteiger partial charge on any atom is 0.128 e. The molecule has 2 aromatic rings. The number of fused-ring (bicyclic) bond motifs is 1. The molecule has 3 nitrogen and oxygen atoms in total. The molecule has 1 atom stereocenters. The van der Waals surface area contributed by atoms with Crippen LogP contribution in [0.4, 0.5) is 14.6 Å². The number of rotatable bonds is 3. The van der Waals surface area contributed by atoms with Crippen molar-refractivity contribution >= 4 is 5.82 Å². The van der Waals surface area contributed by atoms with Gasteiger partial charge in [0.15, 0.2) is 0 Å². The molecule has 0 spiro atoms. The maximum absolute atomic E-state index is 14.0.